The molecule has 1 heterocycles. The van der Waals surface area contributed by atoms with E-state index in [2.05, 4.69) is 10.1 Å². The normalized spacial score (nSPS) is 27.0. The number of morpholine rings is 1. The molecule has 27 heavy (non-hydrogen) atoms. The van der Waals surface area contributed by atoms with Gasteiger partial charge in [0.15, 0.2) is 0 Å². The third-order valence-electron chi connectivity index (χ3n) is 4.89. The molecule has 1 saturated carbocycles. The van der Waals surface area contributed by atoms with Crippen LogP contribution in [0.15, 0.2) is 0 Å². The Labute approximate surface area is 156 Å². The van der Waals surface area contributed by atoms with E-state index in [1.807, 2.05) is 11.8 Å². The summed E-state index contributed by atoms with van der Waals surface area (Å²) in [7, 11) is 0. The lowest BCUT2D eigenvalue weighted by atomic mass is 9.78. The number of β-amino-alcohol motifs (C(OH)–C–C–N with tert-alkyl or cyclic N) is 1. The van der Waals surface area contributed by atoms with Crippen molar-refractivity contribution >= 4 is 5.91 Å². The molecular formula is C17H29F3N2O5. The van der Waals surface area contributed by atoms with Crippen LogP contribution in [0.25, 0.3) is 0 Å². The molecule has 0 aromatic rings. The standard InChI is InChI=1S/C17H29F3N2O5/c1-15(10-21-14(24)7-16(25)3-2-4-16)11-22(5-6-27-15)8-13(23)9-26-12-17(18,19)20/h13,23,25H,2-12H2,1H3,(H,21,24). The maximum absolute atomic E-state index is 12.1. The van der Waals surface area contributed by atoms with Crippen LogP contribution in [0.3, 0.4) is 0 Å². The maximum atomic E-state index is 12.1. The number of rotatable bonds is 9. The molecule has 1 amide bonds. The minimum Gasteiger partial charge on any atom is -0.389 e. The van der Waals surface area contributed by atoms with E-state index in [0.717, 1.165) is 6.42 Å². The van der Waals surface area contributed by atoms with Gasteiger partial charge >= 0.3 is 6.18 Å². The van der Waals surface area contributed by atoms with E-state index in [1.54, 1.807) is 0 Å². The Kier molecular flexibility index (Phi) is 7.48. The minimum absolute atomic E-state index is 0.0715. The Morgan fingerprint density at radius 1 is 1.41 bits per heavy atom. The molecular weight excluding hydrogens is 369 g/mol. The van der Waals surface area contributed by atoms with Crippen molar-refractivity contribution in [2.24, 2.45) is 0 Å². The number of nitrogens with zero attached hydrogens (tertiary/aromatic N) is 1. The molecule has 0 aromatic carbocycles. The maximum Gasteiger partial charge on any atom is 0.411 e. The van der Waals surface area contributed by atoms with Crippen LogP contribution in [0.5, 0.6) is 0 Å². The average Bonchev–Trinajstić information content (AvgIpc) is 2.50. The van der Waals surface area contributed by atoms with Crippen molar-refractivity contribution in [3.8, 4) is 0 Å². The molecule has 0 aromatic heterocycles. The van der Waals surface area contributed by atoms with Crippen molar-refractivity contribution in [2.75, 3.05) is 46.0 Å². The summed E-state index contributed by atoms with van der Waals surface area (Å²) >= 11 is 0. The van der Waals surface area contributed by atoms with Gasteiger partial charge in [-0.25, -0.2) is 0 Å². The van der Waals surface area contributed by atoms with Crippen molar-refractivity contribution in [1.29, 1.82) is 0 Å². The molecule has 2 fully saturated rings. The predicted molar refractivity (Wildman–Crippen MR) is 90.1 cm³/mol. The van der Waals surface area contributed by atoms with Crippen LogP contribution >= 0.6 is 0 Å². The van der Waals surface area contributed by atoms with Gasteiger partial charge in [0.2, 0.25) is 5.91 Å². The number of aliphatic hydroxyl groups excluding tert-OH is 1. The van der Waals surface area contributed by atoms with Crippen molar-refractivity contribution in [3.63, 3.8) is 0 Å². The highest BCUT2D eigenvalue weighted by molar-refractivity contribution is 5.77. The number of hydrogen-bond acceptors (Lipinski definition) is 6. The summed E-state index contributed by atoms with van der Waals surface area (Å²) in [4.78, 5) is 13.9. The Morgan fingerprint density at radius 3 is 2.70 bits per heavy atom. The van der Waals surface area contributed by atoms with Crippen LogP contribution in [-0.2, 0) is 14.3 Å². The van der Waals surface area contributed by atoms with Crippen LogP contribution in [0.1, 0.15) is 32.6 Å². The van der Waals surface area contributed by atoms with Crippen molar-refractivity contribution in [2.45, 2.75) is 56.1 Å². The van der Waals surface area contributed by atoms with E-state index >= 15 is 0 Å². The quantitative estimate of drug-likeness (QED) is 0.522. The predicted octanol–water partition coefficient (Wildman–Crippen LogP) is 0.438. The summed E-state index contributed by atoms with van der Waals surface area (Å²) < 4.78 is 46.4. The van der Waals surface area contributed by atoms with Crippen molar-refractivity contribution in [3.05, 3.63) is 0 Å². The lowest BCUT2D eigenvalue weighted by Gasteiger charge is -2.41. The number of ether oxygens (including phenoxy) is 2. The second kappa shape index (κ2) is 9.04. The first-order chi connectivity index (χ1) is 12.5. The van der Waals surface area contributed by atoms with E-state index in [9.17, 15) is 28.2 Å². The van der Waals surface area contributed by atoms with E-state index in [4.69, 9.17) is 4.74 Å². The fourth-order valence-corrected chi connectivity index (χ4v) is 3.35. The van der Waals surface area contributed by atoms with Gasteiger partial charge in [-0.2, -0.15) is 13.2 Å². The molecule has 7 nitrogen and oxygen atoms in total. The summed E-state index contributed by atoms with van der Waals surface area (Å²) in [6.45, 7) is 1.76. The third-order valence-corrected chi connectivity index (χ3v) is 4.89. The molecule has 2 rings (SSSR count). The van der Waals surface area contributed by atoms with E-state index in [-0.39, 0.29) is 25.4 Å². The van der Waals surface area contributed by atoms with Gasteiger partial charge < -0.3 is 25.0 Å². The molecule has 1 aliphatic heterocycles. The van der Waals surface area contributed by atoms with Gasteiger partial charge in [-0.3, -0.25) is 9.69 Å². The van der Waals surface area contributed by atoms with Gasteiger partial charge in [0.05, 0.1) is 36.9 Å². The second-order valence-corrected chi connectivity index (χ2v) is 7.85. The zero-order valence-corrected chi connectivity index (χ0v) is 15.6. The SMILES string of the molecule is CC1(CNC(=O)CC2(O)CCC2)CN(CC(O)COCC(F)(F)F)CCO1. The van der Waals surface area contributed by atoms with Gasteiger partial charge in [-0.1, -0.05) is 0 Å². The monoisotopic (exact) mass is 398 g/mol. The summed E-state index contributed by atoms with van der Waals surface area (Å²) in [5.74, 6) is -0.236. The number of carbonyl (C=O) groups is 1. The summed E-state index contributed by atoms with van der Waals surface area (Å²) in [6.07, 6.45) is -3.19. The van der Waals surface area contributed by atoms with Crippen LogP contribution in [0.2, 0.25) is 0 Å². The molecule has 0 spiro atoms. The van der Waals surface area contributed by atoms with Gasteiger partial charge in [0, 0.05) is 26.2 Å². The Morgan fingerprint density at radius 2 is 2.11 bits per heavy atom. The Hall–Kier alpha value is -0.940. The van der Waals surface area contributed by atoms with Crippen molar-refractivity contribution in [1.82, 2.24) is 10.2 Å². The molecule has 2 unspecified atom stereocenters. The number of nitrogens with one attached hydrogen (secondary N) is 1. The average molecular weight is 398 g/mol. The Bertz CT molecular complexity index is 501. The number of carbonyl (C=O) groups excluding carboxylic acids is 1. The summed E-state index contributed by atoms with van der Waals surface area (Å²) in [6, 6.07) is 0. The highest BCUT2D eigenvalue weighted by Gasteiger charge is 2.38. The minimum atomic E-state index is -4.41. The molecule has 1 aliphatic carbocycles. The van der Waals surface area contributed by atoms with Crippen LogP contribution in [0.4, 0.5) is 13.2 Å². The van der Waals surface area contributed by atoms with Gasteiger partial charge in [0.25, 0.3) is 0 Å². The summed E-state index contributed by atoms with van der Waals surface area (Å²) in [5, 5.41) is 22.7. The molecule has 1 saturated heterocycles. The Balaban J connectivity index is 1.70. The number of amides is 1. The van der Waals surface area contributed by atoms with Crippen LogP contribution in [0, 0.1) is 0 Å². The fraction of sp³-hybridized carbons (Fsp3) is 0.941. The topological polar surface area (TPSA) is 91.3 Å². The lowest BCUT2D eigenvalue weighted by Crippen LogP contribution is -2.57. The zero-order valence-electron chi connectivity index (χ0n) is 15.6. The second-order valence-electron chi connectivity index (χ2n) is 7.85. The van der Waals surface area contributed by atoms with E-state index in [1.165, 1.54) is 0 Å². The van der Waals surface area contributed by atoms with E-state index in [0.29, 0.717) is 32.5 Å². The van der Waals surface area contributed by atoms with Crippen LogP contribution in [-0.4, -0.2) is 90.5 Å². The molecule has 10 heteroatoms. The first-order valence-electron chi connectivity index (χ1n) is 9.17. The molecule has 0 bridgehead atoms. The highest BCUT2D eigenvalue weighted by Crippen LogP contribution is 2.34. The van der Waals surface area contributed by atoms with Gasteiger partial charge in [-0.15, -0.1) is 0 Å². The van der Waals surface area contributed by atoms with Gasteiger partial charge in [-0.05, 0) is 26.2 Å². The zero-order chi connectivity index (χ0) is 20.1. The summed E-state index contributed by atoms with van der Waals surface area (Å²) in [5.41, 5.74) is -1.56. The third kappa shape index (κ3) is 7.90. The molecule has 2 aliphatic rings. The van der Waals surface area contributed by atoms with Crippen molar-refractivity contribution < 1.29 is 37.7 Å². The van der Waals surface area contributed by atoms with Crippen LogP contribution < -0.4 is 5.32 Å². The molecule has 158 valence electrons. The first-order valence-corrected chi connectivity index (χ1v) is 9.17. The van der Waals surface area contributed by atoms with E-state index < -0.39 is 36.7 Å². The number of alkyl halides is 3. The highest BCUT2D eigenvalue weighted by atomic mass is 19.4. The lowest BCUT2D eigenvalue weighted by molar-refractivity contribution is -0.180. The fourth-order valence-electron chi connectivity index (χ4n) is 3.35. The smallest absolute Gasteiger partial charge is 0.389 e. The first kappa shape index (κ1) is 22.4. The number of aliphatic hydroxyl groups is 2. The number of hydrogen-bond donors (Lipinski definition) is 3. The molecule has 3 N–H and O–H groups in total. The molecule has 0 radical (unpaired) electrons. The number of halogens is 3. The largest absolute Gasteiger partial charge is 0.411 e. The van der Waals surface area contributed by atoms with Gasteiger partial charge in [0.1, 0.15) is 6.61 Å². The molecule has 2 atom stereocenters.